The lowest BCUT2D eigenvalue weighted by atomic mass is 9.86. The number of nitrogens with one attached hydrogen (secondary N) is 1. The van der Waals surface area contributed by atoms with E-state index in [0.29, 0.717) is 0 Å². The molecule has 0 bridgehead atoms. The number of nitrogens with zero attached hydrogens (tertiary/aromatic N) is 2. The standard InChI is InChI=1S/C25H27N3/c1-14-9-7-11-20(22-13-16(3)17(4)26-22)23(14)24-15(2)10-8-12-21(24)25-27-18(5)19(6)28-25/h7-12H,13H2,1-6H3,(H,27,28). The largest absolute Gasteiger partial charge is 0.342 e. The summed E-state index contributed by atoms with van der Waals surface area (Å²) in [5, 5.41) is 0. The highest BCUT2D eigenvalue weighted by Crippen LogP contribution is 2.39. The van der Waals surface area contributed by atoms with Gasteiger partial charge in [0.05, 0.1) is 11.4 Å². The van der Waals surface area contributed by atoms with Gasteiger partial charge in [-0.3, -0.25) is 4.99 Å². The Bertz CT molecular complexity index is 1120. The molecular formula is C25H27N3. The number of aryl methyl sites for hydroxylation is 4. The van der Waals surface area contributed by atoms with Gasteiger partial charge in [-0.25, -0.2) is 4.98 Å². The minimum atomic E-state index is 0.919. The molecule has 1 N–H and O–H groups in total. The molecule has 3 nitrogen and oxygen atoms in total. The number of benzene rings is 2. The normalized spacial score (nSPS) is 14.0. The molecule has 0 fully saturated rings. The highest BCUT2D eigenvalue weighted by molar-refractivity contribution is 6.10. The van der Waals surface area contributed by atoms with E-state index in [1.54, 1.807) is 0 Å². The van der Waals surface area contributed by atoms with Crippen LogP contribution in [0.4, 0.5) is 0 Å². The van der Waals surface area contributed by atoms with Crippen LogP contribution in [0.2, 0.25) is 0 Å². The molecule has 0 saturated carbocycles. The number of allylic oxidation sites excluding steroid dienone is 2. The molecule has 142 valence electrons. The van der Waals surface area contributed by atoms with Crippen molar-refractivity contribution in [1.29, 1.82) is 0 Å². The number of hydrogen-bond acceptors (Lipinski definition) is 2. The maximum atomic E-state index is 4.89. The van der Waals surface area contributed by atoms with Gasteiger partial charge in [-0.1, -0.05) is 36.4 Å². The molecule has 2 aromatic carbocycles. The van der Waals surface area contributed by atoms with Crippen molar-refractivity contribution in [3.8, 4) is 22.5 Å². The van der Waals surface area contributed by atoms with Crippen molar-refractivity contribution in [2.24, 2.45) is 4.99 Å². The first-order valence-electron chi connectivity index (χ1n) is 9.84. The summed E-state index contributed by atoms with van der Waals surface area (Å²) in [6, 6.07) is 13.0. The van der Waals surface area contributed by atoms with Crippen LogP contribution in [0.3, 0.4) is 0 Å². The van der Waals surface area contributed by atoms with E-state index in [2.05, 4.69) is 82.9 Å². The summed E-state index contributed by atoms with van der Waals surface area (Å²) in [5.41, 5.74) is 13.2. The molecule has 3 heteroatoms. The first-order chi connectivity index (χ1) is 13.4. The molecule has 4 rings (SSSR count). The Morgan fingerprint density at radius 3 is 1.93 bits per heavy atom. The number of H-pyrrole nitrogens is 1. The second-order valence-electron chi connectivity index (χ2n) is 7.89. The number of aromatic amines is 1. The van der Waals surface area contributed by atoms with Crippen molar-refractivity contribution in [2.75, 3.05) is 0 Å². The van der Waals surface area contributed by atoms with E-state index in [9.17, 15) is 0 Å². The van der Waals surface area contributed by atoms with Gasteiger partial charge in [-0.2, -0.15) is 0 Å². The molecule has 1 aliphatic rings. The van der Waals surface area contributed by atoms with Gasteiger partial charge in [0.2, 0.25) is 0 Å². The summed E-state index contributed by atoms with van der Waals surface area (Å²) >= 11 is 0. The van der Waals surface area contributed by atoms with E-state index in [1.807, 2.05) is 0 Å². The number of rotatable bonds is 3. The average molecular weight is 370 g/mol. The fourth-order valence-corrected chi connectivity index (χ4v) is 3.98. The molecular weight excluding hydrogens is 342 g/mol. The Labute approximate surface area is 167 Å². The SMILES string of the molecule is CC1=C(C)N=C(c2cccc(C)c2-c2c(C)cccc2-c2nc(C)c(C)[nH]2)C1. The molecule has 0 spiro atoms. The van der Waals surface area contributed by atoms with Crippen molar-refractivity contribution in [3.63, 3.8) is 0 Å². The quantitative estimate of drug-likeness (QED) is 0.565. The smallest absolute Gasteiger partial charge is 0.138 e. The highest BCUT2D eigenvalue weighted by atomic mass is 14.9. The molecule has 0 amide bonds. The van der Waals surface area contributed by atoms with Crippen LogP contribution in [0.5, 0.6) is 0 Å². The summed E-state index contributed by atoms with van der Waals surface area (Å²) in [5.74, 6) is 0.932. The molecule has 28 heavy (non-hydrogen) atoms. The third kappa shape index (κ3) is 3.01. The summed E-state index contributed by atoms with van der Waals surface area (Å²) in [4.78, 5) is 13.2. The molecule has 1 aromatic heterocycles. The van der Waals surface area contributed by atoms with Gasteiger partial charge in [0.15, 0.2) is 0 Å². The van der Waals surface area contributed by atoms with Gasteiger partial charge < -0.3 is 4.98 Å². The van der Waals surface area contributed by atoms with Crippen LogP contribution < -0.4 is 0 Å². The average Bonchev–Trinajstić information content (AvgIpc) is 3.17. The van der Waals surface area contributed by atoms with Gasteiger partial charge in [0.1, 0.15) is 5.82 Å². The molecule has 1 aliphatic heterocycles. The van der Waals surface area contributed by atoms with E-state index in [-0.39, 0.29) is 0 Å². The topological polar surface area (TPSA) is 41.0 Å². The fraction of sp³-hybridized carbons (Fsp3) is 0.280. The van der Waals surface area contributed by atoms with Gasteiger partial charge in [0, 0.05) is 28.9 Å². The first kappa shape index (κ1) is 18.4. The second-order valence-corrected chi connectivity index (χ2v) is 7.89. The first-order valence-corrected chi connectivity index (χ1v) is 9.84. The Balaban J connectivity index is 1.98. The molecule has 0 unspecified atom stereocenters. The minimum Gasteiger partial charge on any atom is -0.342 e. The van der Waals surface area contributed by atoms with Crippen molar-refractivity contribution in [2.45, 2.75) is 48.0 Å². The van der Waals surface area contributed by atoms with Gasteiger partial charge in [-0.15, -0.1) is 0 Å². The highest BCUT2D eigenvalue weighted by Gasteiger charge is 2.22. The summed E-state index contributed by atoms with van der Waals surface area (Å²) in [6.45, 7) is 12.8. The van der Waals surface area contributed by atoms with Crippen LogP contribution >= 0.6 is 0 Å². The predicted molar refractivity (Wildman–Crippen MR) is 118 cm³/mol. The lowest BCUT2D eigenvalue weighted by molar-refractivity contribution is 1.22. The van der Waals surface area contributed by atoms with Crippen LogP contribution in [-0.4, -0.2) is 15.7 Å². The lowest BCUT2D eigenvalue weighted by Gasteiger charge is -2.18. The Morgan fingerprint density at radius 2 is 1.39 bits per heavy atom. The van der Waals surface area contributed by atoms with Crippen molar-refractivity contribution >= 4 is 5.71 Å². The maximum absolute atomic E-state index is 4.89. The van der Waals surface area contributed by atoms with Gasteiger partial charge in [0.25, 0.3) is 0 Å². The van der Waals surface area contributed by atoms with Crippen LogP contribution in [0.1, 0.15) is 48.3 Å². The zero-order valence-corrected chi connectivity index (χ0v) is 17.6. The van der Waals surface area contributed by atoms with Gasteiger partial charge in [-0.05, 0) is 69.4 Å². The number of aromatic nitrogens is 2. The van der Waals surface area contributed by atoms with Gasteiger partial charge >= 0.3 is 0 Å². The van der Waals surface area contributed by atoms with Crippen LogP contribution in [0.15, 0.2) is 52.7 Å². The lowest BCUT2D eigenvalue weighted by Crippen LogP contribution is -2.04. The van der Waals surface area contributed by atoms with E-state index in [4.69, 9.17) is 9.98 Å². The third-order valence-corrected chi connectivity index (χ3v) is 5.84. The van der Waals surface area contributed by atoms with E-state index in [0.717, 1.165) is 40.6 Å². The van der Waals surface area contributed by atoms with E-state index >= 15 is 0 Å². The van der Waals surface area contributed by atoms with Crippen molar-refractivity contribution < 1.29 is 0 Å². The van der Waals surface area contributed by atoms with E-state index in [1.165, 1.54) is 33.4 Å². The second kappa shape index (κ2) is 6.90. The fourth-order valence-electron chi connectivity index (χ4n) is 3.98. The third-order valence-electron chi connectivity index (χ3n) is 5.84. The molecule has 3 aromatic rings. The summed E-state index contributed by atoms with van der Waals surface area (Å²) < 4.78 is 0. The number of imidazole rings is 1. The number of hydrogen-bond donors (Lipinski definition) is 1. The van der Waals surface area contributed by atoms with Crippen molar-refractivity contribution in [3.05, 3.63) is 75.7 Å². The zero-order valence-electron chi connectivity index (χ0n) is 17.6. The monoisotopic (exact) mass is 369 g/mol. The minimum absolute atomic E-state index is 0.919. The Kier molecular flexibility index (Phi) is 4.54. The maximum Gasteiger partial charge on any atom is 0.138 e. The Morgan fingerprint density at radius 1 is 0.786 bits per heavy atom. The summed E-state index contributed by atoms with van der Waals surface area (Å²) in [7, 11) is 0. The van der Waals surface area contributed by atoms with Crippen LogP contribution in [0, 0.1) is 27.7 Å². The zero-order chi connectivity index (χ0) is 20.0. The molecule has 0 atom stereocenters. The van der Waals surface area contributed by atoms with Crippen LogP contribution in [0.25, 0.3) is 22.5 Å². The predicted octanol–water partition coefficient (Wildman–Crippen LogP) is 6.46. The van der Waals surface area contributed by atoms with Crippen molar-refractivity contribution in [1.82, 2.24) is 9.97 Å². The summed E-state index contributed by atoms with van der Waals surface area (Å²) in [6.07, 6.45) is 0.919. The molecule has 0 saturated heterocycles. The Hall–Kier alpha value is -2.94. The molecule has 0 radical (unpaired) electrons. The molecule has 0 aliphatic carbocycles. The molecule has 2 heterocycles. The van der Waals surface area contributed by atoms with Crippen LogP contribution in [-0.2, 0) is 0 Å². The number of aliphatic imine (C=N–C) groups is 1. The van der Waals surface area contributed by atoms with E-state index < -0.39 is 0 Å².